The molecule has 4 N–H and O–H groups in total. The molecule has 0 aliphatic carbocycles. The van der Waals surface area contributed by atoms with Crippen LogP contribution in [0.4, 0.5) is 0 Å². The van der Waals surface area contributed by atoms with E-state index in [0.29, 0.717) is 49.4 Å². The lowest BCUT2D eigenvalue weighted by Gasteiger charge is -2.25. The molecule has 0 radical (unpaired) electrons. The Morgan fingerprint density at radius 3 is 0.928 bits per heavy atom. The van der Waals surface area contributed by atoms with Crippen molar-refractivity contribution in [3.8, 4) is 0 Å². The summed E-state index contributed by atoms with van der Waals surface area (Å²) < 4.78 is 112. The average molecular weight is 1230 g/mol. The van der Waals surface area contributed by atoms with Gasteiger partial charge < -0.3 is 0 Å². The SMILES string of the molecule is CC(C)NS(=O)(=O)c1ccc(C(C)C)c2ccccc12.CC(C)c1ccc(S(=O)(=O)NC(C)(C)C)c2ccccc12.CCC(C)(C)NS(=O)(=O)c1ccc(C(C)C)c(Cl)c1C.CCC(C)(C)NS(=O)(=O)c1ccc(C(C)C)c2ccccc12. The zero-order chi connectivity index (χ0) is 63.0. The van der Waals surface area contributed by atoms with Crippen LogP contribution in [0.1, 0.15) is 196 Å². The maximum Gasteiger partial charge on any atom is 0.241 e. The molecule has 7 aromatic rings. The normalized spacial score (nSPS) is 12.9. The minimum atomic E-state index is -3.56. The van der Waals surface area contributed by atoms with Crippen LogP contribution < -0.4 is 18.9 Å². The highest BCUT2D eigenvalue weighted by Gasteiger charge is 2.30. The summed E-state index contributed by atoms with van der Waals surface area (Å²) in [5.41, 5.74) is 3.64. The number of benzene rings is 7. The smallest absolute Gasteiger partial charge is 0.209 e. The molecular weight excluding hydrogens is 1140 g/mol. The molecule has 0 saturated heterocycles. The van der Waals surface area contributed by atoms with Crippen molar-refractivity contribution in [3.63, 3.8) is 0 Å². The Kier molecular flexibility index (Phi) is 24.0. The summed E-state index contributed by atoms with van der Waals surface area (Å²) in [6.07, 6.45) is 1.44. The average Bonchev–Trinajstić information content (AvgIpc) is 3.58. The molecule has 0 amide bonds. The summed E-state index contributed by atoms with van der Waals surface area (Å²) in [7, 11) is -14.1. The Labute approximate surface area is 504 Å². The Morgan fingerprint density at radius 2 is 0.639 bits per heavy atom. The molecule has 7 rings (SSSR count). The van der Waals surface area contributed by atoms with Crippen LogP contribution in [-0.4, -0.2) is 56.3 Å². The predicted octanol–water partition coefficient (Wildman–Crippen LogP) is 16.4. The largest absolute Gasteiger partial charge is 0.241 e. The van der Waals surface area contributed by atoms with Crippen LogP contribution in [0.25, 0.3) is 32.3 Å². The first-order valence-corrected chi connectivity index (χ1v) is 34.9. The van der Waals surface area contributed by atoms with E-state index in [4.69, 9.17) is 11.6 Å². The number of halogens is 1. The van der Waals surface area contributed by atoms with E-state index in [0.717, 1.165) is 44.3 Å². The van der Waals surface area contributed by atoms with Gasteiger partial charge in [0.25, 0.3) is 0 Å². The first-order chi connectivity index (χ1) is 38.1. The molecule has 0 aromatic heterocycles. The zero-order valence-corrected chi connectivity index (χ0v) is 56.6. The van der Waals surface area contributed by atoms with Crippen molar-refractivity contribution in [2.45, 2.75) is 217 Å². The lowest BCUT2D eigenvalue weighted by Crippen LogP contribution is -2.42. The number of nitrogens with one attached hydrogen (secondary N) is 4. The van der Waals surface area contributed by atoms with E-state index in [9.17, 15) is 33.7 Å². The molecular formula is C66H93ClN4O8S4. The van der Waals surface area contributed by atoms with Gasteiger partial charge in [-0.2, -0.15) is 0 Å². The van der Waals surface area contributed by atoms with E-state index in [1.807, 2.05) is 181 Å². The minimum absolute atomic E-state index is 0.122. The van der Waals surface area contributed by atoms with Gasteiger partial charge in [-0.3, -0.25) is 0 Å². The summed E-state index contributed by atoms with van der Waals surface area (Å²) in [5.74, 6) is 1.32. The lowest BCUT2D eigenvalue weighted by molar-refractivity contribution is 0.438. The van der Waals surface area contributed by atoms with Crippen LogP contribution in [0.3, 0.4) is 0 Å². The molecule has 83 heavy (non-hydrogen) atoms. The third kappa shape index (κ3) is 18.6. The van der Waals surface area contributed by atoms with Crippen LogP contribution in [0.5, 0.6) is 0 Å². The molecule has 0 saturated carbocycles. The molecule has 0 bridgehead atoms. The Morgan fingerprint density at radius 1 is 0.373 bits per heavy atom. The van der Waals surface area contributed by atoms with Gasteiger partial charge in [0.1, 0.15) is 0 Å². The second-order valence-electron chi connectivity index (χ2n) is 25.1. The van der Waals surface area contributed by atoms with Gasteiger partial charge in [0.15, 0.2) is 0 Å². The highest BCUT2D eigenvalue weighted by molar-refractivity contribution is 7.90. The summed E-state index contributed by atoms with van der Waals surface area (Å²) in [5, 5.41) is 5.91. The molecule has 0 aliphatic heterocycles. The Bertz CT molecular complexity index is 3850. The first kappa shape index (κ1) is 70.7. The molecule has 0 aliphatic rings. The van der Waals surface area contributed by atoms with Gasteiger partial charge in [-0.25, -0.2) is 52.6 Å². The standard InChI is InChI=1S/C18H25NO2S.C17H23NO2S.C16H21NO2S.C15H24ClNO2S/c1-6-18(4,5)19-22(20,21)17-12-11-14(13(2)3)15-9-7-8-10-16(15)17;1-12(2)13-10-11-16(15-9-7-6-8-14(13)15)21(19,20)18-17(3,4)5;1-11(2)13-9-10-16(20(18,19)17-12(3)4)15-8-6-5-7-14(13)15;1-7-15(5,6)17-20(18,19)13-9-8-12(10(2)3)14(16)11(13)4/h7-13,19H,6H2,1-5H3;6-12,18H,1-5H3;5-12,17H,1-4H3;8-10,17H,7H2,1-6H3. The Hall–Kier alpha value is -4.75. The molecule has 0 fully saturated rings. The van der Waals surface area contributed by atoms with Crippen molar-refractivity contribution in [1.82, 2.24) is 18.9 Å². The summed E-state index contributed by atoms with van der Waals surface area (Å²) in [6.45, 7) is 39.1. The van der Waals surface area contributed by atoms with E-state index in [2.05, 4.69) is 60.4 Å². The molecule has 0 heterocycles. The van der Waals surface area contributed by atoms with Crippen molar-refractivity contribution in [3.05, 3.63) is 154 Å². The number of sulfonamides is 4. The topological polar surface area (TPSA) is 185 Å². The van der Waals surface area contributed by atoms with Gasteiger partial charge in [-0.05, 0) is 174 Å². The van der Waals surface area contributed by atoms with Crippen LogP contribution in [0.15, 0.2) is 141 Å². The van der Waals surface area contributed by atoms with Gasteiger partial charge >= 0.3 is 0 Å². The molecule has 0 spiro atoms. The van der Waals surface area contributed by atoms with Gasteiger partial charge in [0.2, 0.25) is 40.1 Å². The number of fused-ring (bicyclic) bond motifs is 3. The molecule has 7 aromatic carbocycles. The van der Waals surface area contributed by atoms with E-state index < -0.39 is 56.7 Å². The molecule has 17 heteroatoms. The summed E-state index contributed by atoms with van der Waals surface area (Å²) >= 11 is 6.31. The van der Waals surface area contributed by atoms with Gasteiger partial charge in [-0.1, -0.05) is 178 Å². The second-order valence-corrected chi connectivity index (χ2v) is 32.1. The fourth-order valence-corrected chi connectivity index (χ4v) is 16.3. The van der Waals surface area contributed by atoms with Crippen molar-refractivity contribution in [1.29, 1.82) is 0 Å². The first-order valence-electron chi connectivity index (χ1n) is 28.6. The van der Waals surface area contributed by atoms with Crippen LogP contribution in [0.2, 0.25) is 5.02 Å². The van der Waals surface area contributed by atoms with E-state index >= 15 is 0 Å². The van der Waals surface area contributed by atoms with Gasteiger partial charge in [0.05, 0.1) is 19.6 Å². The monoisotopic (exact) mass is 1230 g/mol. The molecule has 456 valence electrons. The van der Waals surface area contributed by atoms with Crippen molar-refractivity contribution < 1.29 is 33.7 Å². The minimum Gasteiger partial charge on any atom is -0.209 e. The van der Waals surface area contributed by atoms with E-state index in [1.54, 1.807) is 37.3 Å². The third-order valence-corrected chi connectivity index (χ3v) is 21.8. The van der Waals surface area contributed by atoms with Crippen LogP contribution in [-0.2, 0) is 40.1 Å². The number of hydrogen-bond acceptors (Lipinski definition) is 8. The third-order valence-electron chi connectivity index (χ3n) is 14.2. The number of hydrogen-bond donors (Lipinski definition) is 4. The van der Waals surface area contributed by atoms with E-state index in [1.165, 1.54) is 16.7 Å². The van der Waals surface area contributed by atoms with Crippen LogP contribution >= 0.6 is 11.6 Å². The molecule has 12 nitrogen and oxygen atoms in total. The van der Waals surface area contributed by atoms with Gasteiger partial charge in [0, 0.05) is 43.8 Å². The maximum absolute atomic E-state index is 12.8. The molecule has 0 atom stereocenters. The van der Waals surface area contributed by atoms with Crippen molar-refractivity contribution in [2.24, 2.45) is 0 Å². The highest BCUT2D eigenvalue weighted by Crippen LogP contribution is 2.35. The highest BCUT2D eigenvalue weighted by atomic mass is 35.5. The lowest BCUT2D eigenvalue weighted by atomic mass is 9.96. The fourth-order valence-electron chi connectivity index (χ4n) is 9.34. The van der Waals surface area contributed by atoms with Gasteiger partial charge in [-0.15, -0.1) is 0 Å². The van der Waals surface area contributed by atoms with E-state index in [-0.39, 0.29) is 16.9 Å². The molecule has 0 unspecified atom stereocenters. The zero-order valence-electron chi connectivity index (χ0n) is 52.6. The fraction of sp³-hybridized carbons (Fsp3) is 0.455. The Balaban J connectivity index is 0.000000238. The predicted molar refractivity (Wildman–Crippen MR) is 349 cm³/mol. The summed E-state index contributed by atoms with van der Waals surface area (Å²) in [4.78, 5) is 1.31. The van der Waals surface area contributed by atoms with Crippen molar-refractivity contribution in [2.75, 3.05) is 0 Å². The quantitative estimate of drug-likeness (QED) is 0.0694. The van der Waals surface area contributed by atoms with Crippen LogP contribution in [0, 0.1) is 6.92 Å². The maximum atomic E-state index is 12.8. The number of rotatable bonds is 17. The summed E-state index contributed by atoms with van der Waals surface area (Å²) in [6, 6.07) is 37.3. The van der Waals surface area contributed by atoms with Crippen molar-refractivity contribution >= 4 is 84.0 Å². The second kappa shape index (κ2) is 28.2.